The number of carbonyl (C=O) groups is 2. The number of nitrogens with one attached hydrogen (secondary N) is 1. The molecular formula is C72H135NO5. The average molecular weight is 1090 g/mol. The van der Waals surface area contributed by atoms with Crippen molar-refractivity contribution in [2.75, 3.05) is 13.2 Å². The van der Waals surface area contributed by atoms with Gasteiger partial charge >= 0.3 is 5.97 Å². The third-order valence-electron chi connectivity index (χ3n) is 16.1. The van der Waals surface area contributed by atoms with Crippen LogP contribution in [-0.2, 0) is 14.3 Å². The van der Waals surface area contributed by atoms with Gasteiger partial charge in [0.2, 0.25) is 5.91 Å². The Bertz CT molecular complexity index is 1310. The normalized spacial score (nSPS) is 12.8. The molecule has 0 aliphatic carbocycles. The van der Waals surface area contributed by atoms with Crippen molar-refractivity contribution in [1.82, 2.24) is 5.32 Å². The van der Waals surface area contributed by atoms with Crippen LogP contribution in [0.5, 0.6) is 0 Å². The van der Waals surface area contributed by atoms with E-state index in [0.29, 0.717) is 19.4 Å². The van der Waals surface area contributed by atoms with Crippen LogP contribution >= 0.6 is 0 Å². The zero-order valence-electron chi connectivity index (χ0n) is 52.4. The number of rotatable bonds is 65. The van der Waals surface area contributed by atoms with E-state index in [0.717, 1.165) is 51.4 Å². The number of amides is 1. The molecule has 0 saturated carbocycles. The molecule has 0 fully saturated rings. The maximum absolute atomic E-state index is 12.5. The number of aliphatic hydroxyl groups is 2. The van der Waals surface area contributed by atoms with Crippen molar-refractivity contribution >= 4 is 11.9 Å². The minimum Gasteiger partial charge on any atom is -0.466 e. The van der Waals surface area contributed by atoms with Gasteiger partial charge in [-0.2, -0.15) is 0 Å². The van der Waals surface area contributed by atoms with Crippen LogP contribution in [0.1, 0.15) is 373 Å². The molecule has 2 atom stereocenters. The van der Waals surface area contributed by atoms with E-state index in [9.17, 15) is 19.8 Å². The summed E-state index contributed by atoms with van der Waals surface area (Å²) in [5.41, 5.74) is 0. The molecule has 0 spiro atoms. The molecule has 0 aliphatic rings. The van der Waals surface area contributed by atoms with Gasteiger partial charge in [-0.1, -0.05) is 319 Å². The van der Waals surface area contributed by atoms with Crippen molar-refractivity contribution in [2.45, 2.75) is 386 Å². The minimum atomic E-state index is -0.847. The predicted molar refractivity (Wildman–Crippen MR) is 342 cm³/mol. The monoisotopic (exact) mass is 1090 g/mol. The fourth-order valence-electron chi connectivity index (χ4n) is 10.7. The van der Waals surface area contributed by atoms with Crippen molar-refractivity contribution in [2.24, 2.45) is 0 Å². The van der Waals surface area contributed by atoms with Gasteiger partial charge in [0.25, 0.3) is 0 Å². The van der Waals surface area contributed by atoms with E-state index in [4.69, 9.17) is 4.74 Å². The van der Waals surface area contributed by atoms with Crippen LogP contribution in [0.3, 0.4) is 0 Å². The highest BCUT2D eigenvalue weighted by atomic mass is 16.5. The summed E-state index contributed by atoms with van der Waals surface area (Å²) in [5, 5.41) is 23.2. The molecule has 458 valence electrons. The molecule has 1 amide bonds. The topological polar surface area (TPSA) is 95.9 Å². The highest BCUT2D eigenvalue weighted by Crippen LogP contribution is 2.18. The molecule has 0 rings (SSSR count). The van der Waals surface area contributed by atoms with Crippen molar-refractivity contribution in [3.63, 3.8) is 0 Å². The molecular weight excluding hydrogens is 959 g/mol. The highest BCUT2D eigenvalue weighted by Gasteiger charge is 2.18. The quantitative estimate of drug-likeness (QED) is 0.0320. The van der Waals surface area contributed by atoms with Gasteiger partial charge < -0.3 is 20.3 Å². The van der Waals surface area contributed by atoms with E-state index >= 15 is 0 Å². The first-order chi connectivity index (χ1) is 38.5. The van der Waals surface area contributed by atoms with Gasteiger partial charge in [0.15, 0.2) is 0 Å². The Hall–Kier alpha value is -2.18. The van der Waals surface area contributed by atoms with Gasteiger partial charge in [-0.15, -0.1) is 0 Å². The van der Waals surface area contributed by atoms with Gasteiger partial charge in [0.1, 0.15) is 0 Å². The molecule has 78 heavy (non-hydrogen) atoms. The summed E-state index contributed by atoms with van der Waals surface area (Å²) in [6.07, 6.45) is 87.5. The molecule has 0 radical (unpaired) electrons. The fourth-order valence-corrected chi connectivity index (χ4v) is 10.7. The Morgan fingerprint density at radius 1 is 0.359 bits per heavy atom. The minimum absolute atomic E-state index is 0.00940. The SMILES string of the molecule is CCCCC/C=C\C/C=C\CCCCCCCCCCCC(=O)OCCCCCCCCCCCCCC/C=C\CCCCCCCCCCCC(=O)NC(CO)C(O)/C=C/CCCCCCCCCCCCCCCCC. The van der Waals surface area contributed by atoms with Crippen LogP contribution in [0.2, 0.25) is 0 Å². The maximum Gasteiger partial charge on any atom is 0.305 e. The van der Waals surface area contributed by atoms with Gasteiger partial charge in [0, 0.05) is 12.8 Å². The number of aliphatic hydroxyl groups excluding tert-OH is 2. The number of hydrogen-bond acceptors (Lipinski definition) is 5. The maximum atomic E-state index is 12.5. The fraction of sp³-hybridized carbons (Fsp3) is 0.861. The Kier molecular flexibility index (Phi) is 65.4. The molecule has 6 nitrogen and oxygen atoms in total. The summed E-state index contributed by atoms with van der Waals surface area (Å²) < 4.78 is 5.50. The third kappa shape index (κ3) is 63.0. The van der Waals surface area contributed by atoms with E-state index in [1.165, 1.54) is 295 Å². The van der Waals surface area contributed by atoms with E-state index < -0.39 is 12.1 Å². The first-order valence-corrected chi connectivity index (χ1v) is 34.9. The smallest absolute Gasteiger partial charge is 0.305 e. The van der Waals surface area contributed by atoms with Crippen molar-refractivity contribution < 1.29 is 24.5 Å². The Labute approximate surface area is 486 Å². The second kappa shape index (κ2) is 67.3. The van der Waals surface area contributed by atoms with Crippen LogP contribution < -0.4 is 5.32 Å². The van der Waals surface area contributed by atoms with Crippen LogP contribution in [0.4, 0.5) is 0 Å². The van der Waals surface area contributed by atoms with Crippen molar-refractivity contribution in [1.29, 1.82) is 0 Å². The van der Waals surface area contributed by atoms with Crippen LogP contribution in [0.25, 0.3) is 0 Å². The third-order valence-corrected chi connectivity index (χ3v) is 16.1. The number of ether oxygens (including phenoxy) is 1. The van der Waals surface area contributed by atoms with Gasteiger partial charge in [0.05, 0.1) is 25.4 Å². The zero-order chi connectivity index (χ0) is 56.4. The van der Waals surface area contributed by atoms with Crippen LogP contribution in [-0.4, -0.2) is 47.4 Å². The summed E-state index contributed by atoms with van der Waals surface area (Å²) in [6.45, 7) is 4.90. The van der Waals surface area contributed by atoms with Gasteiger partial charge in [-0.25, -0.2) is 0 Å². The van der Waals surface area contributed by atoms with Gasteiger partial charge in [-0.3, -0.25) is 9.59 Å². The van der Waals surface area contributed by atoms with Crippen LogP contribution in [0.15, 0.2) is 48.6 Å². The number of unbranched alkanes of at least 4 members (excludes halogenated alkanes) is 48. The average Bonchev–Trinajstić information content (AvgIpc) is 3.44. The molecule has 0 aromatic carbocycles. The second-order valence-corrected chi connectivity index (χ2v) is 23.9. The van der Waals surface area contributed by atoms with E-state index in [-0.39, 0.29) is 18.5 Å². The number of hydrogen-bond donors (Lipinski definition) is 3. The molecule has 0 aromatic heterocycles. The molecule has 0 aromatic rings. The number of allylic oxidation sites excluding steroid dienone is 7. The lowest BCUT2D eigenvalue weighted by Gasteiger charge is -2.20. The Morgan fingerprint density at radius 2 is 0.641 bits per heavy atom. The summed E-state index contributed by atoms with van der Waals surface area (Å²) in [4.78, 5) is 24.6. The molecule has 6 heteroatoms. The number of carbonyl (C=O) groups excluding carboxylic acids is 2. The Balaban J connectivity index is 3.41. The van der Waals surface area contributed by atoms with E-state index in [1.807, 2.05) is 6.08 Å². The molecule has 2 unspecified atom stereocenters. The molecule has 0 saturated heterocycles. The summed E-state index contributed by atoms with van der Waals surface area (Å²) >= 11 is 0. The largest absolute Gasteiger partial charge is 0.466 e. The van der Waals surface area contributed by atoms with E-state index in [2.05, 4.69) is 55.6 Å². The molecule has 0 aliphatic heterocycles. The summed E-state index contributed by atoms with van der Waals surface area (Å²) in [5.74, 6) is -0.0596. The first-order valence-electron chi connectivity index (χ1n) is 34.9. The first kappa shape index (κ1) is 75.8. The van der Waals surface area contributed by atoms with Crippen molar-refractivity contribution in [3.05, 3.63) is 48.6 Å². The van der Waals surface area contributed by atoms with Gasteiger partial charge in [-0.05, 0) is 89.9 Å². The molecule has 0 heterocycles. The standard InChI is InChI=1S/C72H135NO5/c1-3-5-7-9-11-13-15-17-19-21-29-34-38-42-46-50-54-58-62-66-72(77)78-67-63-59-55-51-47-43-39-35-31-28-26-24-22-23-25-27-30-33-37-41-45-49-53-57-61-65-71(76)73-69(68-74)70(75)64-60-56-52-48-44-40-36-32-20-18-16-14-12-10-8-6-4-2/h11,13,17,19,23,25,60,64,69-70,74-75H,3-10,12,14-16,18,20-22,24,26-59,61-63,65-68H2,1-2H3,(H,73,76)/b13-11-,19-17-,25-23-,64-60+. The molecule has 0 bridgehead atoms. The van der Waals surface area contributed by atoms with Crippen LogP contribution in [0, 0.1) is 0 Å². The Morgan fingerprint density at radius 3 is 1.01 bits per heavy atom. The zero-order valence-corrected chi connectivity index (χ0v) is 52.4. The lowest BCUT2D eigenvalue weighted by molar-refractivity contribution is -0.143. The molecule has 3 N–H and O–H groups in total. The van der Waals surface area contributed by atoms with E-state index in [1.54, 1.807) is 6.08 Å². The highest BCUT2D eigenvalue weighted by molar-refractivity contribution is 5.76. The predicted octanol–water partition coefficient (Wildman–Crippen LogP) is 22.5. The van der Waals surface area contributed by atoms with Crippen molar-refractivity contribution in [3.8, 4) is 0 Å². The summed E-state index contributed by atoms with van der Waals surface area (Å²) in [7, 11) is 0. The lowest BCUT2D eigenvalue weighted by atomic mass is 10.0. The summed E-state index contributed by atoms with van der Waals surface area (Å²) in [6, 6.07) is -0.631. The lowest BCUT2D eigenvalue weighted by Crippen LogP contribution is -2.45. The number of esters is 1. The second-order valence-electron chi connectivity index (χ2n) is 23.9.